The van der Waals surface area contributed by atoms with Crippen molar-refractivity contribution in [3.05, 3.63) is 23.8 Å². The summed E-state index contributed by atoms with van der Waals surface area (Å²) in [6, 6.07) is 4.12. The van der Waals surface area contributed by atoms with Crippen LogP contribution in [0.3, 0.4) is 0 Å². The molecule has 0 aromatic heterocycles. The van der Waals surface area contributed by atoms with E-state index in [-0.39, 0.29) is 12.5 Å². The van der Waals surface area contributed by atoms with Crippen LogP contribution >= 0.6 is 0 Å². The highest BCUT2D eigenvalue weighted by Crippen LogP contribution is 2.47. The fourth-order valence-corrected chi connectivity index (χ4v) is 5.17. The summed E-state index contributed by atoms with van der Waals surface area (Å²) in [4.78, 5) is 40.2. The monoisotopic (exact) mass is 391 g/mol. The Bertz CT molecular complexity index is 822. The third kappa shape index (κ3) is 2.64. The molecule has 4 unspecified atom stereocenters. The number of imide groups is 2. The predicted octanol–water partition coefficient (Wildman–Crippen LogP) is 0.315. The first-order chi connectivity index (χ1) is 12.7. The van der Waals surface area contributed by atoms with Crippen LogP contribution < -0.4 is 15.5 Å². The molecule has 2 saturated heterocycles. The van der Waals surface area contributed by atoms with Gasteiger partial charge in [0, 0.05) is 18.7 Å². The van der Waals surface area contributed by atoms with Crippen molar-refractivity contribution in [3.8, 4) is 0 Å². The van der Waals surface area contributed by atoms with Gasteiger partial charge in [0.25, 0.3) is 0 Å². The minimum absolute atomic E-state index is 0.0874. The van der Waals surface area contributed by atoms with Gasteiger partial charge in [-0.2, -0.15) is 0 Å². The van der Waals surface area contributed by atoms with Crippen LogP contribution in [-0.4, -0.2) is 53.4 Å². The third-order valence-electron chi connectivity index (χ3n) is 5.61. The number of anilines is 1. The molecule has 0 aliphatic carbocycles. The molecule has 144 valence electrons. The first-order valence-electron chi connectivity index (χ1n) is 8.79. The summed E-state index contributed by atoms with van der Waals surface area (Å²) in [5.41, 5.74) is 0.174. The van der Waals surface area contributed by atoms with Crippen molar-refractivity contribution in [3.63, 3.8) is 0 Å². The van der Waals surface area contributed by atoms with E-state index in [2.05, 4.69) is 10.6 Å². The summed E-state index contributed by atoms with van der Waals surface area (Å²) in [5.74, 6) is -1.24. The molecule has 9 heteroatoms. The smallest absolute Gasteiger partial charge is 0.328 e. The molecule has 4 atom stereocenters. The number of hydrogen-bond acceptors (Lipinski definition) is 6. The van der Waals surface area contributed by atoms with Crippen LogP contribution in [0.15, 0.2) is 23.1 Å². The second-order valence-corrected chi connectivity index (χ2v) is 8.76. The van der Waals surface area contributed by atoms with Gasteiger partial charge < -0.3 is 14.2 Å². The highest BCUT2D eigenvalue weighted by Gasteiger charge is 2.62. The summed E-state index contributed by atoms with van der Waals surface area (Å²) < 4.78 is 17.9. The van der Waals surface area contributed by atoms with Crippen LogP contribution in [0.25, 0.3) is 0 Å². The van der Waals surface area contributed by atoms with E-state index in [0.29, 0.717) is 11.4 Å². The fourth-order valence-electron chi connectivity index (χ4n) is 4.60. The summed E-state index contributed by atoms with van der Waals surface area (Å²) in [6.07, 6.45) is 1.21. The number of carbonyl (C=O) groups is 3. The second-order valence-electron chi connectivity index (χ2n) is 7.38. The van der Waals surface area contributed by atoms with Gasteiger partial charge >= 0.3 is 6.03 Å². The molecule has 4 amide bonds. The Morgan fingerprint density at radius 1 is 1.22 bits per heavy atom. The molecule has 3 aliphatic rings. The van der Waals surface area contributed by atoms with Gasteiger partial charge in [0.05, 0.1) is 18.2 Å². The molecule has 0 radical (unpaired) electrons. The van der Waals surface area contributed by atoms with Gasteiger partial charge in [0.2, 0.25) is 11.8 Å². The average Bonchev–Trinajstić information content (AvgIpc) is 2.58. The van der Waals surface area contributed by atoms with Gasteiger partial charge in [-0.05, 0) is 48.8 Å². The van der Waals surface area contributed by atoms with Crippen LogP contribution in [0.2, 0.25) is 0 Å². The Kier molecular flexibility index (Phi) is 4.21. The van der Waals surface area contributed by atoms with Crippen LogP contribution in [0.1, 0.15) is 19.4 Å². The lowest BCUT2D eigenvalue weighted by Crippen LogP contribution is -2.75. The number of nitrogens with zero attached hydrogens (tertiary/aromatic N) is 1. The largest absolute Gasteiger partial charge is 0.612 e. The van der Waals surface area contributed by atoms with Crippen LogP contribution in [0.4, 0.5) is 10.5 Å². The number of amides is 4. The van der Waals surface area contributed by atoms with E-state index in [9.17, 15) is 18.9 Å². The zero-order valence-electron chi connectivity index (χ0n) is 15.3. The topological polar surface area (TPSA) is 111 Å². The molecule has 3 heterocycles. The molecule has 0 bridgehead atoms. The minimum Gasteiger partial charge on any atom is -0.612 e. The Labute approximate surface area is 159 Å². The zero-order chi connectivity index (χ0) is 19.5. The van der Waals surface area contributed by atoms with Crippen molar-refractivity contribution >= 4 is 34.7 Å². The Balaban J connectivity index is 1.90. The maximum Gasteiger partial charge on any atom is 0.328 e. The Hall–Kier alpha value is -2.10. The number of barbiturate groups is 1. The Morgan fingerprint density at radius 2 is 1.89 bits per heavy atom. The fraction of sp³-hybridized carbons (Fsp3) is 0.500. The predicted molar refractivity (Wildman–Crippen MR) is 97.7 cm³/mol. The quantitative estimate of drug-likeness (QED) is 0.527. The van der Waals surface area contributed by atoms with Crippen LogP contribution in [0, 0.1) is 5.41 Å². The molecule has 1 aromatic carbocycles. The SMILES string of the molecule is CC1CN2c3ccc([S+](C)[O-])cc3CC3(C(=O)NC(=O)NC3=O)C2C(C)O1. The van der Waals surface area contributed by atoms with Gasteiger partial charge in [0.15, 0.2) is 10.3 Å². The van der Waals surface area contributed by atoms with Crippen molar-refractivity contribution in [1.82, 2.24) is 10.6 Å². The first-order valence-corrected chi connectivity index (χ1v) is 10.3. The molecule has 8 nitrogen and oxygen atoms in total. The molecule has 2 N–H and O–H groups in total. The first kappa shape index (κ1) is 18.3. The van der Waals surface area contributed by atoms with Crippen molar-refractivity contribution in [2.45, 2.75) is 43.4 Å². The summed E-state index contributed by atoms with van der Waals surface area (Å²) in [6.45, 7) is 4.28. The van der Waals surface area contributed by atoms with E-state index in [0.717, 1.165) is 11.3 Å². The number of urea groups is 1. The molecule has 3 aliphatic heterocycles. The van der Waals surface area contributed by atoms with Crippen molar-refractivity contribution in [2.24, 2.45) is 5.41 Å². The maximum absolute atomic E-state index is 13.0. The second kappa shape index (κ2) is 6.22. The van der Waals surface area contributed by atoms with Crippen molar-refractivity contribution in [2.75, 3.05) is 17.7 Å². The van der Waals surface area contributed by atoms with Crippen LogP contribution in [-0.2, 0) is 31.9 Å². The van der Waals surface area contributed by atoms with Gasteiger partial charge in [0.1, 0.15) is 6.26 Å². The number of carbonyl (C=O) groups excluding carboxylic acids is 3. The third-order valence-corrected chi connectivity index (χ3v) is 6.53. The minimum atomic E-state index is -1.49. The molecular weight excluding hydrogens is 370 g/mol. The maximum atomic E-state index is 13.0. The summed E-state index contributed by atoms with van der Waals surface area (Å²) in [7, 11) is 0. The normalized spacial score (nSPS) is 30.3. The average molecular weight is 391 g/mol. The number of nitrogens with one attached hydrogen (secondary N) is 2. The van der Waals surface area contributed by atoms with Crippen LogP contribution in [0.5, 0.6) is 0 Å². The number of morpholine rings is 1. The van der Waals surface area contributed by atoms with E-state index in [1.807, 2.05) is 24.8 Å². The molecule has 4 rings (SSSR count). The highest BCUT2D eigenvalue weighted by molar-refractivity contribution is 7.90. The number of hydrogen-bond donors (Lipinski definition) is 2. The number of benzene rings is 1. The molecule has 0 saturated carbocycles. The molecule has 27 heavy (non-hydrogen) atoms. The summed E-state index contributed by atoms with van der Waals surface area (Å²) in [5, 5.41) is 4.50. The number of fused-ring (bicyclic) bond motifs is 4. The summed E-state index contributed by atoms with van der Waals surface area (Å²) >= 11 is -1.19. The highest BCUT2D eigenvalue weighted by atomic mass is 32.2. The lowest BCUT2D eigenvalue weighted by Gasteiger charge is -2.55. The number of ether oxygens (including phenoxy) is 1. The molecule has 1 spiro atoms. The zero-order valence-corrected chi connectivity index (χ0v) is 16.1. The van der Waals surface area contributed by atoms with E-state index in [1.54, 1.807) is 18.4 Å². The van der Waals surface area contributed by atoms with E-state index in [4.69, 9.17) is 4.74 Å². The number of rotatable bonds is 1. The molecule has 1 aromatic rings. The Morgan fingerprint density at radius 3 is 2.52 bits per heavy atom. The van der Waals surface area contributed by atoms with Gasteiger partial charge in [-0.25, -0.2) is 4.79 Å². The van der Waals surface area contributed by atoms with Gasteiger partial charge in [-0.3, -0.25) is 20.2 Å². The lowest BCUT2D eigenvalue weighted by atomic mass is 9.66. The molecular formula is C18H21N3O5S. The standard InChI is InChI=1S/C18H21N3O5S/c1-9-8-21-13-5-4-12(27(3)25)6-11(13)7-18(14(21)10(2)26-9)15(22)19-17(24)20-16(18)23/h4-6,9-10,14H,7-8H2,1-3H3,(H2,19,20,22,23,24). The lowest BCUT2D eigenvalue weighted by molar-refractivity contribution is -0.153. The van der Waals surface area contributed by atoms with Gasteiger partial charge in [-0.15, -0.1) is 0 Å². The van der Waals surface area contributed by atoms with E-state index >= 15 is 0 Å². The van der Waals surface area contributed by atoms with Gasteiger partial charge in [-0.1, -0.05) is 0 Å². The van der Waals surface area contributed by atoms with E-state index in [1.165, 1.54) is 0 Å². The van der Waals surface area contributed by atoms with Crippen molar-refractivity contribution in [1.29, 1.82) is 0 Å². The molecule has 2 fully saturated rings. The van der Waals surface area contributed by atoms with Crippen molar-refractivity contribution < 1.29 is 23.7 Å². The van der Waals surface area contributed by atoms with E-state index < -0.39 is 46.6 Å².